The van der Waals surface area contributed by atoms with Crippen LogP contribution in [0.2, 0.25) is 0 Å². The number of rotatable bonds is 5. The first-order chi connectivity index (χ1) is 8.92. The topological polar surface area (TPSA) is 96.6 Å². The zero-order chi connectivity index (χ0) is 13.9. The van der Waals surface area contributed by atoms with Gasteiger partial charge in [0.15, 0.2) is 5.96 Å². The number of hydrogen-bond donors (Lipinski definition) is 3. The average molecular weight is 410 g/mol. The fourth-order valence-corrected chi connectivity index (χ4v) is 2.16. The molecule has 0 spiro atoms. The van der Waals surface area contributed by atoms with E-state index in [9.17, 15) is 8.42 Å². The van der Waals surface area contributed by atoms with Crippen molar-refractivity contribution < 1.29 is 8.42 Å². The molecule has 6 nitrogen and oxygen atoms in total. The van der Waals surface area contributed by atoms with Crippen molar-refractivity contribution >= 4 is 45.6 Å². The molecule has 1 aliphatic carbocycles. The molecule has 2 rings (SSSR count). The van der Waals surface area contributed by atoms with E-state index in [0.717, 1.165) is 24.7 Å². The molecule has 1 fully saturated rings. The van der Waals surface area contributed by atoms with Crippen LogP contribution in [-0.4, -0.2) is 26.7 Å². The van der Waals surface area contributed by atoms with E-state index >= 15 is 0 Å². The van der Waals surface area contributed by atoms with Gasteiger partial charge in [-0.3, -0.25) is 4.72 Å². The Labute approximate surface area is 136 Å². The van der Waals surface area contributed by atoms with E-state index in [-0.39, 0.29) is 24.0 Å². The number of hydrogen-bond acceptors (Lipinski definition) is 3. The van der Waals surface area contributed by atoms with E-state index in [2.05, 4.69) is 15.0 Å². The molecule has 1 aromatic rings. The first-order valence-electron chi connectivity index (χ1n) is 6.05. The molecule has 0 unspecified atom stereocenters. The van der Waals surface area contributed by atoms with Gasteiger partial charge in [-0.05, 0) is 30.5 Å². The minimum atomic E-state index is -3.26. The van der Waals surface area contributed by atoms with E-state index in [0.29, 0.717) is 24.2 Å². The predicted octanol–water partition coefficient (Wildman–Crippen LogP) is 1.24. The molecule has 0 bridgehead atoms. The Hall–Kier alpha value is -1.03. The summed E-state index contributed by atoms with van der Waals surface area (Å²) in [5.74, 6) is 0.434. The summed E-state index contributed by atoms with van der Waals surface area (Å²) in [6.07, 6.45) is 3.41. The smallest absolute Gasteiger partial charge is 0.229 e. The number of nitrogens with one attached hydrogen (secondary N) is 2. The van der Waals surface area contributed by atoms with Gasteiger partial charge in [0.25, 0.3) is 0 Å². The Morgan fingerprint density at radius 1 is 1.45 bits per heavy atom. The largest absolute Gasteiger partial charge is 0.370 e. The van der Waals surface area contributed by atoms with Gasteiger partial charge >= 0.3 is 0 Å². The third-order valence-electron chi connectivity index (χ3n) is 2.59. The lowest BCUT2D eigenvalue weighted by Gasteiger charge is -2.06. The van der Waals surface area contributed by atoms with Crippen LogP contribution in [-0.2, 0) is 16.6 Å². The van der Waals surface area contributed by atoms with Gasteiger partial charge in [0.2, 0.25) is 10.0 Å². The van der Waals surface area contributed by atoms with Crippen LogP contribution in [0.15, 0.2) is 29.3 Å². The highest BCUT2D eigenvalue weighted by molar-refractivity contribution is 14.0. The van der Waals surface area contributed by atoms with Crippen LogP contribution in [0.25, 0.3) is 0 Å². The van der Waals surface area contributed by atoms with Crippen LogP contribution in [0.3, 0.4) is 0 Å². The highest BCUT2D eigenvalue weighted by Crippen LogP contribution is 2.18. The molecule has 4 N–H and O–H groups in total. The molecule has 0 aliphatic heterocycles. The predicted molar refractivity (Wildman–Crippen MR) is 91.8 cm³/mol. The van der Waals surface area contributed by atoms with Gasteiger partial charge in [-0.2, -0.15) is 0 Å². The molecule has 8 heteroatoms. The standard InChI is InChI=1S/C12H18N4O2S.HI/c1-19(17,18)16-11-4-2-3-9(7-11)8-14-12(13)15-10-5-6-10;/h2-4,7,10,16H,5-6,8H2,1H3,(H3,13,14,15);1H. The lowest BCUT2D eigenvalue weighted by atomic mass is 10.2. The van der Waals surface area contributed by atoms with E-state index in [4.69, 9.17) is 5.73 Å². The Bertz CT molecular complexity index is 585. The summed E-state index contributed by atoms with van der Waals surface area (Å²) in [5, 5.41) is 3.09. The Morgan fingerprint density at radius 3 is 2.75 bits per heavy atom. The van der Waals surface area contributed by atoms with E-state index in [1.807, 2.05) is 6.07 Å². The Morgan fingerprint density at radius 2 is 2.15 bits per heavy atom. The average Bonchev–Trinajstić information content (AvgIpc) is 3.08. The highest BCUT2D eigenvalue weighted by atomic mass is 127. The number of nitrogens with two attached hydrogens (primary N) is 1. The van der Waals surface area contributed by atoms with Crippen molar-refractivity contribution in [3.8, 4) is 0 Å². The number of aliphatic imine (C=N–C) groups is 1. The third-order valence-corrected chi connectivity index (χ3v) is 3.20. The zero-order valence-corrected chi connectivity index (χ0v) is 14.3. The second-order valence-corrected chi connectivity index (χ2v) is 6.44. The number of benzene rings is 1. The molecule has 112 valence electrons. The molecule has 0 heterocycles. The number of guanidine groups is 1. The van der Waals surface area contributed by atoms with Crippen molar-refractivity contribution in [3.63, 3.8) is 0 Å². The normalized spacial score (nSPS) is 15.3. The van der Waals surface area contributed by atoms with Gasteiger partial charge < -0.3 is 11.1 Å². The second kappa shape index (κ2) is 7.11. The highest BCUT2D eigenvalue weighted by Gasteiger charge is 2.21. The maximum atomic E-state index is 11.1. The monoisotopic (exact) mass is 410 g/mol. The second-order valence-electron chi connectivity index (χ2n) is 4.69. The Kier molecular flexibility index (Phi) is 6.06. The lowest BCUT2D eigenvalue weighted by Crippen LogP contribution is -2.33. The SMILES string of the molecule is CS(=O)(=O)Nc1cccc(CN=C(N)NC2CC2)c1.I. The van der Waals surface area contributed by atoms with Gasteiger partial charge in [0.1, 0.15) is 0 Å². The molecule has 0 saturated heterocycles. The molecular weight excluding hydrogens is 391 g/mol. The van der Waals surface area contributed by atoms with E-state index in [1.165, 1.54) is 0 Å². The summed E-state index contributed by atoms with van der Waals surface area (Å²) in [6, 6.07) is 7.57. The van der Waals surface area contributed by atoms with Crippen molar-refractivity contribution in [3.05, 3.63) is 29.8 Å². The van der Waals surface area contributed by atoms with Gasteiger partial charge in [-0.25, -0.2) is 13.4 Å². The van der Waals surface area contributed by atoms with Crippen LogP contribution in [0.1, 0.15) is 18.4 Å². The zero-order valence-electron chi connectivity index (χ0n) is 11.2. The summed E-state index contributed by atoms with van der Waals surface area (Å²) < 4.78 is 24.7. The molecule has 0 aromatic heterocycles. The minimum Gasteiger partial charge on any atom is -0.370 e. The van der Waals surface area contributed by atoms with Crippen LogP contribution >= 0.6 is 24.0 Å². The molecule has 0 amide bonds. The van der Waals surface area contributed by atoms with Gasteiger partial charge in [0.05, 0.1) is 12.8 Å². The molecule has 20 heavy (non-hydrogen) atoms. The quantitative estimate of drug-likeness (QED) is 0.387. The van der Waals surface area contributed by atoms with Crippen molar-refractivity contribution in [1.29, 1.82) is 0 Å². The summed E-state index contributed by atoms with van der Waals surface area (Å²) in [6.45, 7) is 0.421. The van der Waals surface area contributed by atoms with Crippen molar-refractivity contribution in [1.82, 2.24) is 5.32 Å². The number of nitrogens with zero attached hydrogens (tertiary/aromatic N) is 1. The van der Waals surface area contributed by atoms with Crippen molar-refractivity contribution in [2.45, 2.75) is 25.4 Å². The molecule has 0 radical (unpaired) electrons. The summed E-state index contributed by atoms with van der Waals surface area (Å²) >= 11 is 0. The fraction of sp³-hybridized carbons (Fsp3) is 0.417. The maximum Gasteiger partial charge on any atom is 0.229 e. The molecule has 1 aliphatic rings. The summed E-state index contributed by atoms with van der Waals surface area (Å²) in [5.41, 5.74) is 7.16. The van der Waals surface area contributed by atoms with E-state index in [1.54, 1.807) is 18.2 Å². The van der Waals surface area contributed by atoms with E-state index < -0.39 is 10.0 Å². The number of halogens is 1. The third kappa shape index (κ3) is 6.42. The lowest BCUT2D eigenvalue weighted by molar-refractivity contribution is 0.607. The fourth-order valence-electron chi connectivity index (χ4n) is 1.61. The summed E-state index contributed by atoms with van der Waals surface area (Å²) in [4.78, 5) is 4.22. The maximum absolute atomic E-state index is 11.1. The van der Waals surface area contributed by atoms with Gasteiger partial charge in [-0.15, -0.1) is 24.0 Å². The number of anilines is 1. The van der Waals surface area contributed by atoms with Crippen LogP contribution in [0.5, 0.6) is 0 Å². The minimum absolute atomic E-state index is 0. The first kappa shape index (κ1) is 17.0. The Balaban J connectivity index is 0.00000200. The molecule has 1 aromatic carbocycles. The van der Waals surface area contributed by atoms with Gasteiger partial charge in [-0.1, -0.05) is 12.1 Å². The van der Waals surface area contributed by atoms with Crippen molar-refractivity contribution in [2.75, 3.05) is 11.0 Å². The van der Waals surface area contributed by atoms with Crippen LogP contribution in [0, 0.1) is 0 Å². The van der Waals surface area contributed by atoms with Crippen molar-refractivity contribution in [2.24, 2.45) is 10.7 Å². The van der Waals surface area contributed by atoms with Gasteiger partial charge in [0, 0.05) is 11.7 Å². The van der Waals surface area contributed by atoms with Crippen LogP contribution < -0.4 is 15.8 Å². The number of sulfonamides is 1. The molecular formula is C12H19IN4O2S. The molecule has 1 saturated carbocycles. The summed E-state index contributed by atoms with van der Waals surface area (Å²) in [7, 11) is -3.26. The first-order valence-corrected chi connectivity index (χ1v) is 7.95. The van der Waals surface area contributed by atoms with Crippen LogP contribution in [0.4, 0.5) is 5.69 Å². The molecule has 0 atom stereocenters.